The van der Waals surface area contributed by atoms with E-state index < -0.39 is 57.7 Å². The molecule has 0 saturated carbocycles. The van der Waals surface area contributed by atoms with Gasteiger partial charge in [-0.2, -0.15) is 15.0 Å². The van der Waals surface area contributed by atoms with Crippen molar-refractivity contribution in [1.29, 1.82) is 0 Å². The zero-order chi connectivity index (χ0) is 35.4. The lowest BCUT2D eigenvalue weighted by Crippen LogP contribution is -2.11. The number of carbonyl (C=O) groups excluding carboxylic acids is 2. The van der Waals surface area contributed by atoms with E-state index in [1.807, 2.05) is 0 Å². The van der Waals surface area contributed by atoms with E-state index in [1.165, 1.54) is 60.7 Å². The van der Waals surface area contributed by atoms with Crippen LogP contribution in [-0.4, -0.2) is 70.8 Å². The number of nitrogens with one attached hydrogen (secondary N) is 2. The number of anilines is 4. The molecule has 5 rings (SSSR count). The number of ketones is 2. The molecule has 0 unspecified atom stereocenters. The van der Waals surface area contributed by atoms with Gasteiger partial charge in [-0.25, -0.2) is 19.2 Å². The molecule has 0 saturated heterocycles. The van der Waals surface area contributed by atoms with E-state index in [0.717, 1.165) is 24.3 Å². The van der Waals surface area contributed by atoms with Crippen LogP contribution >= 0.6 is 11.6 Å². The maximum absolute atomic E-state index is 13.0. The van der Waals surface area contributed by atoms with Crippen molar-refractivity contribution in [3.8, 4) is 0 Å². The summed E-state index contributed by atoms with van der Waals surface area (Å²) in [6.07, 6.45) is 0. The van der Waals surface area contributed by atoms with Gasteiger partial charge in [0.05, 0.1) is 22.3 Å². The van der Waals surface area contributed by atoms with E-state index in [0.29, 0.717) is 11.4 Å². The molecular weight excluding hydrogens is 662 g/mol. The first-order valence-electron chi connectivity index (χ1n) is 13.8. The van der Waals surface area contributed by atoms with Crippen LogP contribution in [0.4, 0.5) is 23.3 Å². The summed E-state index contributed by atoms with van der Waals surface area (Å²) in [6, 6.07) is 18.6. The third-order valence-corrected chi connectivity index (χ3v) is 7.07. The molecule has 4 aromatic carbocycles. The molecule has 0 radical (unpaired) electrons. The number of carboxylic acid groups (broad SMARTS) is 4. The predicted molar refractivity (Wildman–Crippen MR) is 172 cm³/mol. The summed E-state index contributed by atoms with van der Waals surface area (Å²) in [5.41, 5.74) is -0.656. The van der Waals surface area contributed by atoms with Gasteiger partial charge in [-0.1, -0.05) is 12.1 Å². The van der Waals surface area contributed by atoms with Crippen LogP contribution in [0.2, 0.25) is 5.28 Å². The Labute approximate surface area is 279 Å². The van der Waals surface area contributed by atoms with E-state index >= 15 is 0 Å². The monoisotopic (exact) mass is 681 g/mol. The highest BCUT2D eigenvalue weighted by molar-refractivity contribution is 6.28. The lowest BCUT2D eigenvalue weighted by Gasteiger charge is -2.10. The lowest BCUT2D eigenvalue weighted by molar-refractivity contribution is 0.0651. The second-order valence-corrected chi connectivity index (χ2v) is 10.4. The van der Waals surface area contributed by atoms with Crippen molar-refractivity contribution < 1.29 is 49.2 Å². The molecule has 0 aliphatic heterocycles. The second-order valence-electron chi connectivity index (χ2n) is 10.1. The number of aromatic nitrogens is 3. The number of carboxylic acids is 4. The number of benzene rings is 4. The Morgan fingerprint density at radius 3 is 1.10 bits per heavy atom. The molecule has 0 aliphatic carbocycles. The normalized spacial score (nSPS) is 10.6. The highest BCUT2D eigenvalue weighted by Gasteiger charge is 2.21. The van der Waals surface area contributed by atoms with Crippen LogP contribution in [-0.2, 0) is 0 Å². The van der Waals surface area contributed by atoms with Crippen molar-refractivity contribution in [2.45, 2.75) is 0 Å². The third kappa shape index (κ3) is 7.53. The predicted octanol–water partition coefficient (Wildman–Crippen LogP) is 5.27. The number of halogens is 1. The first-order chi connectivity index (χ1) is 23.3. The standard InChI is InChI=1S/C33H20ClN5O10/c34-31-37-32(35-19-7-1-15(2-8-19)25(40)17-5-11-21(27(42)43)23(13-17)29(46)47)39-33(38-31)36-20-9-3-16(4-10-20)26(41)18-6-12-22(28(44)45)24(14-18)30(48)49/h1-14H,(H,42,43)(H,44,45)(H,46,47)(H,48,49)(H2,35,36,37,38,39). The fourth-order valence-electron chi connectivity index (χ4n) is 4.56. The Kier molecular flexibility index (Phi) is 9.38. The molecule has 5 aromatic rings. The van der Waals surface area contributed by atoms with Gasteiger partial charge >= 0.3 is 23.9 Å². The number of rotatable bonds is 12. The molecule has 1 aromatic heterocycles. The average Bonchev–Trinajstić information content (AvgIpc) is 3.07. The van der Waals surface area contributed by atoms with Crippen LogP contribution in [0.1, 0.15) is 73.3 Å². The zero-order valence-corrected chi connectivity index (χ0v) is 25.3. The smallest absolute Gasteiger partial charge is 0.336 e. The Hall–Kier alpha value is -7.00. The van der Waals surface area contributed by atoms with Crippen molar-refractivity contribution in [1.82, 2.24) is 15.0 Å². The molecule has 0 aliphatic rings. The van der Waals surface area contributed by atoms with Crippen LogP contribution in [0, 0.1) is 0 Å². The highest BCUT2D eigenvalue weighted by atomic mass is 35.5. The molecule has 0 spiro atoms. The zero-order valence-electron chi connectivity index (χ0n) is 24.5. The Bertz CT molecular complexity index is 2040. The molecule has 15 nitrogen and oxygen atoms in total. The number of aromatic carboxylic acids is 4. The van der Waals surface area contributed by atoms with Crippen LogP contribution < -0.4 is 10.6 Å². The minimum Gasteiger partial charge on any atom is -0.478 e. The highest BCUT2D eigenvalue weighted by Crippen LogP contribution is 2.23. The van der Waals surface area contributed by atoms with Crippen LogP contribution in [0.25, 0.3) is 0 Å². The van der Waals surface area contributed by atoms with Crippen LogP contribution in [0.15, 0.2) is 84.9 Å². The molecule has 16 heteroatoms. The Morgan fingerprint density at radius 2 is 0.776 bits per heavy atom. The number of nitrogens with zero attached hydrogens (tertiary/aromatic N) is 3. The van der Waals surface area contributed by atoms with Crippen molar-refractivity contribution in [3.63, 3.8) is 0 Å². The second kappa shape index (κ2) is 13.8. The van der Waals surface area contributed by atoms with Crippen LogP contribution in [0.3, 0.4) is 0 Å². The Balaban J connectivity index is 1.28. The van der Waals surface area contributed by atoms with Gasteiger partial charge in [0, 0.05) is 33.6 Å². The van der Waals surface area contributed by atoms with Gasteiger partial charge < -0.3 is 31.1 Å². The molecule has 49 heavy (non-hydrogen) atoms. The third-order valence-electron chi connectivity index (χ3n) is 6.90. The number of hydrogen-bond acceptors (Lipinski definition) is 11. The van der Waals surface area contributed by atoms with Gasteiger partial charge in [0.15, 0.2) is 11.6 Å². The van der Waals surface area contributed by atoms with E-state index in [2.05, 4.69) is 25.6 Å². The quantitative estimate of drug-likeness (QED) is 0.0918. The molecule has 0 atom stereocenters. The van der Waals surface area contributed by atoms with Gasteiger partial charge in [0.2, 0.25) is 17.2 Å². The maximum atomic E-state index is 13.0. The van der Waals surface area contributed by atoms with E-state index in [1.54, 1.807) is 0 Å². The molecule has 6 N–H and O–H groups in total. The van der Waals surface area contributed by atoms with Crippen molar-refractivity contribution in [3.05, 3.63) is 135 Å². The lowest BCUT2D eigenvalue weighted by atomic mass is 9.98. The van der Waals surface area contributed by atoms with E-state index in [4.69, 9.17) is 11.6 Å². The van der Waals surface area contributed by atoms with Gasteiger partial charge in [-0.05, 0) is 84.4 Å². The minimum atomic E-state index is -1.48. The maximum Gasteiger partial charge on any atom is 0.336 e. The van der Waals surface area contributed by atoms with Gasteiger partial charge in [-0.3, -0.25) is 9.59 Å². The molecule has 244 valence electrons. The first-order valence-corrected chi connectivity index (χ1v) is 14.1. The summed E-state index contributed by atoms with van der Waals surface area (Å²) < 4.78 is 0. The van der Waals surface area contributed by atoms with Crippen molar-refractivity contribution in [2.24, 2.45) is 0 Å². The SMILES string of the molecule is O=C(c1ccc(Nc2nc(Cl)nc(Nc3ccc(C(=O)c4ccc(C(=O)O)c(C(=O)O)c4)cc3)n2)cc1)c1ccc(C(=O)O)c(C(=O)O)c1. The van der Waals surface area contributed by atoms with Crippen molar-refractivity contribution in [2.75, 3.05) is 10.6 Å². The van der Waals surface area contributed by atoms with E-state index in [-0.39, 0.29) is 39.4 Å². The average molecular weight is 682 g/mol. The van der Waals surface area contributed by atoms with Crippen LogP contribution in [0.5, 0.6) is 0 Å². The number of carbonyl (C=O) groups is 6. The molecule has 0 fully saturated rings. The summed E-state index contributed by atoms with van der Waals surface area (Å²) in [6.45, 7) is 0. The molecule has 0 bridgehead atoms. The fourth-order valence-corrected chi connectivity index (χ4v) is 4.72. The molecule has 0 amide bonds. The van der Waals surface area contributed by atoms with Crippen molar-refractivity contribution >= 4 is 70.3 Å². The molecule has 1 heterocycles. The molecular formula is C33H20ClN5O10. The minimum absolute atomic E-state index is 0.0119. The number of hydrogen-bond donors (Lipinski definition) is 6. The first kappa shape index (κ1) is 33.4. The van der Waals surface area contributed by atoms with Gasteiger partial charge in [0.1, 0.15) is 0 Å². The summed E-state index contributed by atoms with van der Waals surface area (Å²) in [5.74, 6) is -6.84. The van der Waals surface area contributed by atoms with E-state index in [9.17, 15) is 49.2 Å². The Morgan fingerprint density at radius 1 is 0.449 bits per heavy atom. The summed E-state index contributed by atoms with van der Waals surface area (Å²) in [4.78, 5) is 83.8. The summed E-state index contributed by atoms with van der Waals surface area (Å²) in [7, 11) is 0. The largest absolute Gasteiger partial charge is 0.478 e. The van der Waals surface area contributed by atoms with Gasteiger partial charge in [0.25, 0.3) is 0 Å². The topological polar surface area (TPSA) is 246 Å². The fraction of sp³-hybridized carbons (Fsp3) is 0. The van der Waals surface area contributed by atoms with Gasteiger partial charge in [-0.15, -0.1) is 0 Å². The summed E-state index contributed by atoms with van der Waals surface area (Å²) >= 11 is 6.09. The summed E-state index contributed by atoms with van der Waals surface area (Å²) in [5, 5.41) is 42.8.